The van der Waals surface area contributed by atoms with Gasteiger partial charge in [0, 0.05) is 0 Å². The summed E-state index contributed by atoms with van der Waals surface area (Å²) in [6.45, 7) is 0. The smallest absolute Gasteiger partial charge is 0.444 e. The first kappa shape index (κ1) is 52.3. The van der Waals surface area contributed by atoms with Crippen molar-refractivity contribution in [2.75, 3.05) is 0 Å². The number of hydrogen-bond donors (Lipinski definition) is 0. The van der Waals surface area contributed by atoms with E-state index in [0.717, 1.165) is 32.0 Å². The second-order valence-corrected chi connectivity index (χ2v) is 0.447. The van der Waals surface area contributed by atoms with Crippen molar-refractivity contribution in [1.82, 2.24) is 0 Å². The summed E-state index contributed by atoms with van der Waals surface area (Å²) in [5, 5.41) is 54.0. The number of hydrogen-bond acceptors (Lipinski definition) is 18. The van der Waals surface area contributed by atoms with Gasteiger partial charge in [0.05, 0.1) is 0 Å². The predicted molar refractivity (Wildman–Crippen MR) is 66.5 cm³/mol. The molecule has 0 radical (unpaired) electrons. The van der Waals surface area contributed by atoms with Crippen LogP contribution < -0.4 is 0 Å². The van der Waals surface area contributed by atoms with Crippen LogP contribution in [-0.2, 0) is 0 Å². The molecule has 20 heteroatoms. The molecule has 0 rings (SSSR count). The molecule has 0 aromatic rings. The molecule has 108 valence electrons. The maximum Gasteiger partial charge on any atom is 3.00 e. The van der Waals surface area contributed by atoms with Crippen molar-refractivity contribution in [2.45, 2.75) is 0 Å². The third-order valence-corrected chi connectivity index (χ3v) is 0. The summed E-state index contributed by atoms with van der Waals surface area (Å²) in [4.78, 5) is 48.0. The molecule has 0 fully saturated rings. The maximum absolute atomic E-state index is 8.00. The van der Waals surface area contributed by atoms with Crippen molar-refractivity contribution in [3.63, 3.8) is 0 Å². The normalized spacial score (nSPS) is 3.60. The molecule has 0 unspecified atom stereocenters. The molecule has 0 saturated carbocycles. The minimum atomic E-state index is 0. The molecule has 0 aliphatic heterocycles. The van der Waals surface area contributed by atoms with E-state index in [1.54, 1.807) is 0 Å². The summed E-state index contributed by atoms with van der Waals surface area (Å²) < 4.78 is 0. The van der Waals surface area contributed by atoms with E-state index in [2.05, 4.69) is 0 Å². The topological polar surface area (TPSA) is 315 Å². The molecular formula is AlInN6O12. The molecule has 0 atom stereocenters. The number of nitrogens with zero attached hydrogens (tertiary/aromatic N) is 6. The molecular weight excluding hydrogens is 418 g/mol. The molecule has 0 aliphatic carbocycles. The van der Waals surface area contributed by atoms with E-state index in [9.17, 15) is 0 Å². The third kappa shape index (κ3) is 717. The van der Waals surface area contributed by atoms with E-state index in [1.807, 2.05) is 0 Å². The fourth-order valence-electron chi connectivity index (χ4n) is 0. The van der Waals surface area contributed by atoms with Gasteiger partial charge in [-0.2, -0.15) is 0 Å². The van der Waals surface area contributed by atoms with Crippen LogP contribution in [0.4, 0.5) is 0 Å². The Morgan fingerprint density at radius 1 is 0.400 bits per heavy atom. The van der Waals surface area contributed by atoms with Crippen molar-refractivity contribution in [1.29, 1.82) is 0 Å². The summed E-state index contributed by atoms with van der Waals surface area (Å²) in [5.41, 5.74) is 0. The molecule has 20 heavy (non-hydrogen) atoms. The van der Waals surface area contributed by atoms with E-state index < -0.39 is 0 Å². The monoisotopic (exact) mass is 418 g/mol. The van der Waals surface area contributed by atoms with E-state index in [4.69, 9.17) is 60.7 Å². The Morgan fingerprint density at radius 2 is 0.400 bits per heavy atom. The Balaban J connectivity index is -0.0000000141. The standard InChI is InChI=1S/Al.In.6HNO2/c;;6*2-1-3/h;;6*(H,2,3)/q2*+3;;;;;;/p-6. The van der Waals surface area contributed by atoms with Gasteiger partial charge >= 0.3 is 43.2 Å². The van der Waals surface area contributed by atoms with Crippen molar-refractivity contribution in [2.24, 2.45) is 32.0 Å². The predicted octanol–water partition coefficient (Wildman–Crippen LogP) is 0.742. The third-order valence-electron chi connectivity index (χ3n) is 0. The summed E-state index contributed by atoms with van der Waals surface area (Å²) in [6, 6.07) is 0. The van der Waals surface area contributed by atoms with Crippen LogP contribution in [0, 0.1) is 60.7 Å². The quantitative estimate of drug-likeness (QED) is 0.299. The fraction of sp³-hybridized carbons (Fsp3) is 0. The SMILES string of the molecule is O=N[O-].O=N[O-].O=N[O-].O=N[O-].O=N[O-].O=N[O-].[Al+3].[In+3]. The van der Waals surface area contributed by atoms with Crippen molar-refractivity contribution in [3.8, 4) is 0 Å². The summed E-state index contributed by atoms with van der Waals surface area (Å²) in [7, 11) is 0. The first-order valence-corrected chi connectivity index (χ1v) is 2.19. The van der Waals surface area contributed by atoms with Crippen LogP contribution in [0.1, 0.15) is 0 Å². The Hall–Kier alpha value is -2.20. The summed E-state index contributed by atoms with van der Waals surface area (Å²) in [6.07, 6.45) is 0. The average molecular weight is 418 g/mol. The largest absolute Gasteiger partial charge is 3.00 e. The average Bonchev–Trinajstić information content (AvgIpc) is 2.23. The Bertz CT molecular complexity index is 119. The van der Waals surface area contributed by atoms with Gasteiger partial charge in [0.2, 0.25) is 0 Å². The summed E-state index contributed by atoms with van der Waals surface area (Å²) in [5.74, 6) is 0. The van der Waals surface area contributed by atoms with Gasteiger partial charge in [-0.25, -0.2) is 0 Å². The second kappa shape index (κ2) is 290. The van der Waals surface area contributed by atoms with E-state index in [0.29, 0.717) is 0 Å². The molecule has 0 N–H and O–H groups in total. The fourth-order valence-corrected chi connectivity index (χ4v) is 0. The molecule has 0 aromatic heterocycles. The molecule has 0 heterocycles. The number of rotatable bonds is 0. The molecule has 0 aliphatic rings. The minimum Gasteiger partial charge on any atom is -0.444 e. The van der Waals surface area contributed by atoms with Gasteiger partial charge in [0.1, 0.15) is 0 Å². The maximum atomic E-state index is 8.00. The molecule has 0 spiro atoms. The van der Waals surface area contributed by atoms with Crippen LogP contribution in [0.5, 0.6) is 0 Å². The van der Waals surface area contributed by atoms with Crippen LogP contribution in [0.3, 0.4) is 0 Å². The minimum absolute atomic E-state index is 0. The van der Waals surface area contributed by atoms with Crippen LogP contribution in [0.2, 0.25) is 0 Å². The van der Waals surface area contributed by atoms with Crippen LogP contribution in [0.15, 0.2) is 32.0 Å². The van der Waals surface area contributed by atoms with Crippen LogP contribution in [0.25, 0.3) is 0 Å². The summed E-state index contributed by atoms with van der Waals surface area (Å²) >= 11 is 0. The van der Waals surface area contributed by atoms with E-state index in [1.165, 1.54) is 0 Å². The van der Waals surface area contributed by atoms with Gasteiger partial charge in [-0.05, 0) is 0 Å². The first-order chi connectivity index (χ1) is 8.49. The van der Waals surface area contributed by atoms with Crippen molar-refractivity contribution < 1.29 is 0 Å². The van der Waals surface area contributed by atoms with Gasteiger partial charge in [0.25, 0.3) is 0 Å². The van der Waals surface area contributed by atoms with E-state index in [-0.39, 0.29) is 43.2 Å². The zero-order valence-corrected chi connectivity index (χ0v) is 13.2. The van der Waals surface area contributed by atoms with E-state index >= 15 is 0 Å². The zero-order chi connectivity index (χ0) is 16.2. The molecule has 0 aromatic carbocycles. The van der Waals surface area contributed by atoms with Gasteiger partial charge in [-0.3, -0.25) is 0 Å². The van der Waals surface area contributed by atoms with Gasteiger partial charge in [0.15, 0.2) is 0 Å². The first-order valence-electron chi connectivity index (χ1n) is 2.19. The van der Waals surface area contributed by atoms with Crippen LogP contribution in [-0.4, -0.2) is 43.2 Å². The second-order valence-electron chi connectivity index (χ2n) is 0.447. The van der Waals surface area contributed by atoms with Gasteiger partial charge in [-0.1, -0.05) is 0 Å². The van der Waals surface area contributed by atoms with Crippen molar-refractivity contribution in [3.05, 3.63) is 60.7 Å². The zero-order valence-electron chi connectivity index (χ0n) is 8.74. The van der Waals surface area contributed by atoms with Gasteiger partial charge < -0.3 is 60.7 Å². The Kier molecular flexibility index (Phi) is 759. The Labute approximate surface area is 136 Å². The molecule has 0 amide bonds. The molecule has 0 bridgehead atoms. The molecule has 0 saturated heterocycles. The molecule has 18 nitrogen and oxygen atoms in total. The Morgan fingerprint density at radius 3 is 0.400 bits per heavy atom. The van der Waals surface area contributed by atoms with Crippen molar-refractivity contribution >= 4 is 43.2 Å². The van der Waals surface area contributed by atoms with Gasteiger partial charge in [-0.15, -0.1) is 32.0 Å². The van der Waals surface area contributed by atoms with Crippen LogP contribution >= 0.6 is 0 Å².